The van der Waals surface area contributed by atoms with Crippen LogP contribution in [0.3, 0.4) is 0 Å². The Hall–Kier alpha value is -2.10. The van der Waals surface area contributed by atoms with Gasteiger partial charge in [0, 0.05) is 19.1 Å². The molecule has 9 nitrogen and oxygen atoms in total. The number of nitrogens with two attached hydrogens (primary N) is 2. The summed E-state index contributed by atoms with van der Waals surface area (Å²) in [6, 6.07) is 0.521. The van der Waals surface area contributed by atoms with E-state index < -0.39 is 0 Å². The highest BCUT2D eigenvalue weighted by Crippen LogP contribution is 2.41. The van der Waals surface area contributed by atoms with Crippen LogP contribution in [0.4, 0.5) is 17.8 Å². The predicted octanol–water partition coefficient (Wildman–Crippen LogP) is 1.24. The van der Waals surface area contributed by atoms with Crippen molar-refractivity contribution in [1.82, 2.24) is 29.7 Å². The molecule has 128 valence electrons. The molecule has 0 unspecified atom stereocenters. The van der Waals surface area contributed by atoms with Crippen LogP contribution < -0.4 is 16.4 Å². The van der Waals surface area contributed by atoms with Gasteiger partial charge in [0.05, 0.1) is 5.75 Å². The van der Waals surface area contributed by atoms with Crippen molar-refractivity contribution in [3.63, 3.8) is 0 Å². The molecule has 2 aliphatic rings. The largest absolute Gasteiger partial charge is 0.368 e. The van der Waals surface area contributed by atoms with Crippen molar-refractivity contribution in [2.45, 2.75) is 49.1 Å². The Labute approximate surface area is 144 Å². The highest BCUT2D eigenvalue weighted by atomic mass is 32.2. The SMILES string of the molecule is Nc1nc(N)nc(CSc2nnc(N3CCCCC3)n2C2CC2)n1. The maximum Gasteiger partial charge on any atom is 0.228 e. The van der Waals surface area contributed by atoms with E-state index in [0.717, 1.165) is 24.2 Å². The summed E-state index contributed by atoms with van der Waals surface area (Å²) in [5, 5.41) is 9.79. The zero-order chi connectivity index (χ0) is 16.5. The minimum Gasteiger partial charge on any atom is -0.368 e. The second-order valence-corrected chi connectivity index (χ2v) is 7.13. The van der Waals surface area contributed by atoms with E-state index in [1.165, 1.54) is 32.1 Å². The number of piperidine rings is 1. The number of hydrogen-bond acceptors (Lipinski definition) is 9. The molecule has 4 N–H and O–H groups in total. The van der Waals surface area contributed by atoms with Gasteiger partial charge in [-0.1, -0.05) is 11.8 Å². The number of nitrogen functional groups attached to an aromatic ring is 2. The highest BCUT2D eigenvalue weighted by molar-refractivity contribution is 7.98. The number of nitrogens with zero attached hydrogens (tertiary/aromatic N) is 7. The van der Waals surface area contributed by atoms with Crippen LogP contribution in [0, 0.1) is 0 Å². The van der Waals surface area contributed by atoms with E-state index in [-0.39, 0.29) is 11.9 Å². The molecule has 2 aromatic heterocycles. The summed E-state index contributed by atoms with van der Waals surface area (Å²) in [5.41, 5.74) is 11.3. The molecule has 2 aromatic rings. The second kappa shape index (κ2) is 6.42. The van der Waals surface area contributed by atoms with Gasteiger partial charge >= 0.3 is 0 Å². The van der Waals surface area contributed by atoms with Crippen molar-refractivity contribution in [2.75, 3.05) is 29.5 Å². The molecule has 3 heterocycles. The fraction of sp³-hybridized carbons (Fsp3) is 0.643. The summed E-state index contributed by atoms with van der Waals surface area (Å²) in [4.78, 5) is 14.4. The molecular formula is C14H21N9S. The van der Waals surface area contributed by atoms with Gasteiger partial charge in [0.2, 0.25) is 17.8 Å². The van der Waals surface area contributed by atoms with Gasteiger partial charge in [-0.15, -0.1) is 10.2 Å². The fourth-order valence-corrected chi connectivity index (χ4v) is 3.84. The molecule has 1 aliphatic carbocycles. The van der Waals surface area contributed by atoms with Crippen LogP contribution in [0.25, 0.3) is 0 Å². The molecule has 10 heteroatoms. The summed E-state index contributed by atoms with van der Waals surface area (Å²) in [5.74, 6) is 2.41. The van der Waals surface area contributed by atoms with Crippen LogP contribution in [0.2, 0.25) is 0 Å². The maximum atomic E-state index is 5.63. The van der Waals surface area contributed by atoms with Crippen LogP contribution in [0.1, 0.15) is 44.0 Å². The Morgan fingerprint density at radius 1 is 0.958 bits per heavy atom. The molecule has 1 aliphatic heterocycles. The van der Waals surface area contributed by atoms with Gasteiger partial charge in [0.25, 0.3) is 0 Å². The fourth-order valence-electron chi connectivity index (χ4n) is 2.98. The van der Waals surface area contributed by atoms with Gasteiger partial charge in [0.15, 0.2) is 5.16 Å². The van der Waals surface area contributed by atoms with Crippen LogP contribution in [-0.4, -0.2) is 42.8 Å². The van der Waals surface area contributed by atoms with Crippen LogP contribution >= 0.6 is 11.8 Å². The predicted molar refractivity (Wildman–Crippen MR) is 92.6 cm³/mol. The first kappa shape index (κ1) is 15.4. The lowest BCUT2D eigenvalue weighted by atomic mass is 10.1. The average molecular weight is 347 g/mol. The van der Waals surface area contributed by atoms with E-state index in [4.69, 9.17) is 11.5 Å². The van der Waals surface area contributed by atoms with Crippen LogP contribution in [-0.2, 0) is 5.75 Å². The molecule has 0 aromatic carbocycles. The molecule has 4 rings (SSSR count). The van der Waals surface area contributed by atoms with Crippen molar-refractivity contribution >= 4 is 29.6 Å². The van der Waals surface area contributed by atoms with E-state index in [2.05, 4.69) is 34.6 Å². The first-order valence-corrected chi connectivity index (χ1v) is 9.28. The van der Waals surface area contributed by atoms with Crippen molar-refractivity contribution in [3.8, 4) is 0 Å². The molecule has 1 saturated carbocycles. The zero-order valence-corrected chi connectivity index (χ0v) is 14.2. The quantitative estimate of drug-likeness (QED) is 0.768. The van der Waals surface area contributed by atoms with Gasteiger partial charge in [-0.3, -0.25) is 4.57 Å². The Morgan fingerprint density at radius 2 is 1.67 bits per heavy atom. The average Bonchev–Trinajstić information content (AvgIpc) is 3.32. The number of hydrogen-bond donors (Lipinski definition) is 2. The molecule has 0 amide bonds. The van der Waals surface area contributed by atoms with Crippen molar-refractivity contribution < 1.29 is 0 Å². The number of anilines is 3. The summed E-state index contributed by atoms with van der Waals surface area (Å²) in [7, 11) is 0. The van der Waals surface area contributed by atoms with Crippen LogP contribution in [0.5, 0.6) is 0 Å². The lowest BCUT2D eigenvalue weighted by Crippen LogP contribution is -2.31. The summed E-state index contributed by atoms with van der Waals surface area (Å²) in [6.45, 7) is 2.13. The summed E-state index contributed by atoms with van der Waals surface area (Å²) < 4.78 is 2.28. The smallest absolute Gasteiger partial charge is 0.228 e. The van der Waals surface area contributed by atoms with Crippen molar-refractivity contribution in [1.29, 1.82) is 0 Å². The first-order valence-electron chi connectivity index (χ1n) is 8.29. The summed E-state index contributed by atoms with van der Waals surface area (Å²) in [6.07, 6.45) is 6.14. The monoisotopic (exact) mass is 347 g/mol. The molecule has 2 fully saturated rings. The second-order valence-electron chi connectivity index (χ2n) is 6.19. The van der Waals surface area contributed by atoms with Crippen molar-refractivity contribution in [2.24, 2.45) is 0 Å². The van der Waals surface area contributed by atoms with Gasteiger partial charge in [-0.05, 0) is 32.1 Å². The standard InChI is InChI=1S/C14H21N9S/c15-11-17-10(18-12(16)19-11)8-24-14-21-20-13(23(14)9-4-5-9)22-6-2-1-3-7-22/h9H,1-8H2,(H4,15,16,17,18,19). The molecule has 1 saturated heterocycles. The van der Waals surface area contributed by atoms with Gasteiger partial charge < -0.3 is 16.4 Å². The van der Waals surface area contributed by atoms with E-state index in [1.54, 1.807) is 11.8 Å². The summed E-state index contributed by atoms with van der Waals surface area (Å²) >= 11 is 1.57. The number of thioether (sulfide) groups is 1. The van der Waals surface area contributed by atoms with Gasteiger partial charge in [-0.2, -0.15) is 15.0 Å². The van der Waals surface area contributed by atoms with E-state index >= 15 is 0 Å². The molecule has 0 spiro atoms. The Morgan fingerprint density at radius 3 is 2.33 bits per heavy atom. The lowest BCUT2D eigenvalue weighted by molar-refractivity contribution is 0.548. The van der Waals surface area contributed by atoms with Gasteiger partial charge in [0.1, 0.15) is 5.82 Å². The normalized spacial score (nSPS) is 18.1. The molecule has 24 heavy (non-hydrogen) atoms. The van der Waals surface area contributed by atoms with E-state index in [0.29, 0.717) is 17.6 Å². The third-order valence-electron chi connectivity index (χ3n) is 4.24. The Bertz CT molecular complexity index is 701. The van der Waals surface area contributed by atoms with E-state index in [1.807, 2.05) is 0 Å². The molecule has 0 radical (unpaired) electrons. The topological polar surface area (TPSA) is 125 Å². The van der Waals surface area contributed by atoms with Gasteiger partial charge in [-0.25, -0.2) is 0 Å². The highest BCUT2D eigenvalue weighted by Gasteiger charge is 2.32. The minimum absolute atomic E-state index is 0.149. The third-order valence-corrected chi connectivity index (χ3v) is 5.18. The molecule has 0 bridgehead atoms. The number of aromatic nitrogens is 6. The zero-order valence-electron chi connectivity index (χ0n) is 13.4. The first-order chi connectivity index (χ1) is 11.7. The number of rotatable bonds is 5. The third kappa shape index (κ3) is 3.23. The van der Waals surface area contributed by atoms with Crippen LogP contribution in [0.15, 0.2) is 5.16 Å². The Balaban J connectivity index is 1.53. The van der Waals surface area contributed by atoms with Crippen molar-refractivity contribution in [3.05, 3.63) is 5.82 Å². The Kier molecular flexibility index (Phi) is 4.13. The molecular weight excluding hydrogens is 326 g/mol. The molecule has 0 atom stereocenters. The maximum absolute atomic E-state index is 5.63. The minimum atomic E-state index is 0.149. The van der Waals surface area contributed by atoms with E-state index in [9.17, 15) is 0 Å². The lowest BCUT2D eigenvalue weighted by Gasteiger charge is -2.27.